The molecule has 0 heterocycles. The van der Waals surface area contributed by atoms with Crippen molar-refractivity contribution in [1.29, 1.82) is 0 Å². The van der Waals surface area contributed by atoms with Crippen LogP contribution in [-0.4, -0.2) is 6.61 Å². The molecule has 0 aliphatic heterocycles. The Balaban J connectivity index is 1.93. The summed E-state index contributed by atoms with van der Waals surface area (Å²) >= 11 is 3.27. The highest BCUT2D eigenvalue weighted by Crippen LogP contribution is 2.27. The Morgan fingerprint density at radius 3 is 2.50 bits per heavy atom. The summed E-state index contributed by atoms with van der Waals surface area (Å²) in [5, 5.41) is 0. The summed E-state index contributed by atoms with van der Waals surface area (Å²) in [6, 6.07) is 12.7. The topological polar surface area (TPSA) is 9.23 Å². The van der Waals surface area contributed by atoms with E-state index >= 15 is 0 Å². The number of ether oxygens (including phenoxy) is 1. The maximum atomic E-state index is 13.9. The molecule has 2 aromatic rings. The van der Waals surface area contributed by atoms with Gasteiger partial charge < -0.3 is 4.74 Å². The first-order valence-corrected chi connectivity index (χ1v) is 8.57. The first-order valence-electron chi connectivity index (χ1n) is 7.78. The first kappa shape index (κ1) is 17.0. The first-order chi connectivity index (χ1) is 10.6. The second-order valence-corrected chi connectivity index (χ2v) is 6.57. The number of hydrogen-bond donors (Lipinski definition) is 0. The molecule has 0 amide bonds. The van der Waals surface area contributed by atoms with Gasteiger partial charge in [-0.25, -0.2) is 4.39 Å². The van der Waals surface area contributed by atoms with Crippen LogP contribution in [0.5, 0.6) is 5.75 Å². The Bertz CT molecular complexity index is 595. The lowest BCUT2D eigenvalue weighted by Gasteiger charge is -2.10. The third-order valence-electron chi connectivity index (χ3n) is 3.90. The van der Waals surface area contributed by atoms with Gasteiger partial charge in [-0.15, -0.1) is 0 Å². The fourth-order valence-electron chi connectivity index (χ4n) is 2.28. The van der Waals surface area contributed by atoms with Crippen LogP contribution in [0.15, 0.2) is 46.9 Å². The molecule has 0 bridgehead atoms. The normalized spacial score (nSPS) is 12.2. The molecule has 1 atom stereocenters. The fraction of sp³-hybridized carbons (Fsp3) is 0.368. The zero-order valence-electron chi connectivity index (χ0n) is 13.1. The van der Waals surface area contributed by atoms with Gasteiger partial charge in [-0.2, -0.15) is 0 Å². The van der Waals surface area contributed by atoms with Crippen molar-refractivity contribution in [2.45, 2.75) is 33.1 Å². The minimum absolute atomic E-state index is 0.225. The lowest BCUT2D eigenvalue weighted by molar-refractivity contribution is 0.294. The van der Waals surface area contributed by atoms with Crippen LogP contribution in [-0.2, 0) is 0 Å². The van der Waals surface area contributed by atoms with Crippen molar-refractivity contribution in [3.8, 4) is 16.9 Å². The van der Waals surface area contributed by atoms with E-state index in [1.807, 2.05) is 30.3 Å². The summed E-state index contributed by atoms with van der Waals surface area (Å²) < 4.78 is 20.4. The molecule has 0 radical (unpaired) electrons. The van der Waals surface area contributed by atoms with Crippen molar-refractivity contribution in [2.75, 3.05) is 6.61 Å². The molecule has 2 rings (SSSR count). The molecule has 3 heteroatoms. The number of halogens is 2. The minimum atomic E-state index is -0.225. The Morgan fingerprint density at radius 2 is 1.86 bits per heavy atom. The lowest BCUT2D eigenvalue weighted by Crippen LogP contribution is -2.00. The average molecular weight is 365 g/mol. The SMILES string of the molecule is CCC(C)CCCOc1ccc(-c2ccc(Br)cc2F)cc1. The quantitative estimate of drug-likeness (QED) is 0.512. The molecule has 0 fully saturated rings. The van der Waals surface area contributed by atoms with E-state index in [0.717, 1.165) is 34.7 Å². The predicted molar refractivity (Wildman–Crippen MR) is 93.7 cm³/mol. The second kappa shape index (κ2) is 8.33. The number of benzene rings is 2. The van der Waals surface area contributed by atoms with Gasteiger partial charge in [0.1, 0.15) is 11.6 Å². The van der Waals surface area contributed by atoms with Gasteiger partial charge in [-0.3, -0.25) is 0 Å². The van der Waals surface area contributed by atoms with E-state index in [1.165, 1.54) is 18.9 Å². The number of hydrogen-bond acceptors (Lipinski definition) is 1. The smallest absolute Gasteiger partial charge is 0.132 e. The van der Waals surface area contributed by atoms with Gasteiger partial charge in [-0.05, 0) is 48.6 Å². The summed E-state index contributed by atoms with van der Waals surface area (Å²) in [4.78, 5) is 0. The molecular formula is C19H22BrFO. The summed E-state index contributed by atoms with van der Waals surface area (Å²) in [7, 11) is 0. The molecule has 0 N–H and O–H groups in total. The Morgan fingerprint density at radius 1 is 1.14 bits per heavy atom. The van der Waals surface area contributed by atoms with Gasteiger partial charge in [0.15, 0.2) is 0 Å². The van der Waals surface area contributed by atoms with Crippen molar-refractivity contribution in [1.82, 2.24) is 0 Å². The van der Waals surface area contributed by atoms with E-state index in [1.54, 1.807) is 6.07 Å². The Kier molecular flexibility index (Phi) is 6.44. The monoisotopic (exact) mass is 364 g/mol. The van der Waals surface area contributed by atoms with Gasteiger partial charge in [-0.1, -0.05) is 54.4 Å². The molecule has 0 aliphatic carbocycles. The highest BCUT2D eigenvalue weighted by molar-refractivity contribution is 9.10. The van der Waals surface area contributed by atoms with Crippen LogP contribution in [0.4, 0.5) is 4.39 Å². The van der Waals surface area contributed by atoms with Crippen molar-refractivity contribution < 1.29 is 9.13 Å². The predicted octanol–water partition coefficient (Wildman–Crippen LogP) is 6.46. The summed E-state index contributed by atoms with van der Waals surface area (Å²) in [6.07, 6.45) is 3.48. The molecule has 118 valence electrons. The van der Waals surface area contributed by atoms with E-state index in [9.17, 15) is 4.39 Å². The highest BCUT2D eigenvalue weighted by Gasteiger charge is 2.06. The molecule has 0 saturated heterocycles. The average Bonchev–Trinajstić information content (AvgIpc) is 2.52. The third-order valence-corrected chi connectivity index (χ3v) is 4.40. The second-order valence-electron chi connectivity index (χ2n) is 5.65. The van der Waals surface area contributed by atoms with E-state index in [0.29, 0.717) is 5.56 Å². The van der Waals surface area contributed by atoms with E-state index < -0.39 is 0 Å². The maximum absolute atomic E-state index is 13.9. The van der Waals surface area contributed by atoms with Crippen LogP contribution in [0.25, 0.3) is 11.1 Å². The van der Waals surface area contributed by atoms with E-state index in [2.05, 4.69) is 29.8 Å². The van der Waals surface area contributed by atoms with Gasteiger partial charge in [0.05, 0.1) is 6.61 Å². The standard InChI is InChI=1S/C19H22BrFO/c1-3-14(2)5-4-12-22-17-9-6-15(7-10-17)18-11-8-16(20)13-19(18)21/h6-11,13-14H,3-5,12H2,1-2H3. The molecule has 2 aromatic carbocycles. The van der Waals surface area contributed by atoms with Crippen LogP contribution in [0.3, 0.4) is 0 Å². The summed E-state index contributed by atoms with van der Waals surface area (Å²) in [5.74, 6) is 1.37. The summed E-state index contributed by atoms with van der Waals surface area (Å²) in [5.41, 5.74) is 1.46. The van der Waals surface area contributed by atoms with Gasteiger partial charge in [0.2, 0.25) is 0 Å². The molecule has 0 spiro atoms. The fourth-order valence-corrected chi connectivity index (χ4v) is 2.61. The zero-order valence-corrected chi connectivity index (χ0v) is 14.7. The molecular weight excluding hydrogens is 343 g/mol. The van der Waals surface area contributed by atoms with Crippen LogP contribution < -0.4 is 4.74 Å². The summed E-state index contributed by atoms with van der Waals surface area (Å²) in [6.45, 7) is 5.21. The Labute approximate surface area is 140 Å². The zero-order chi connectivity index (χ0) is 15.9. The van der Waals surface area contributed by atoms with Crippen molar-refractivity contribution in [3.63, 3.8) is 0 Å². The van der Waals surface area contributed by atoms with Gasteiger partial charge in [0, 0.05) is 10.0 Å². The van der Waals surface area contributed by atoms with Crippen LogP contribution >= 0.6 is 15.9 Å². The minimum Gasteiger partial charge on any atom is -0.494 e. The van der Waals surface area contributed by atoms with Crippen LogP contribution in [0.2, 0.25) is 0 Å². The van der Waals surface area contributed by atoms with Gasteiger partial charge >= 0.3 is 0 Å². The van der Waals surface area contributed by atoms with E-state index in [4.69, 9.17) is 4.74 Å². The third kappa shape index (κ3) is 4.84. The van der Waals surface area contributed by atoms with Crippen molar-refractivity contribution >= 4 is 15.9 Å². The van der Waals surface area contributed by atoms with Crippen LogP contribution in [0, 0.1) is 11.7 Å². The van der Waals surface area contributed by atoms with Crippen molar-refractivity contribution in [2.24, 2.45) is 5.92 Å². The van der Waals surface area contributed by atoms with Crippen molar-refractivity contribution in [3.05, 3.63) is 52.8 Å². The molecule has 0 saturated carbocycles. The van der Waals surface area contributed by atoms with E-state index in [-0.39, 0.29) is 5.82 Å². The Hall–Kier alpha value is -1.35. The van der Waals surface area contributed by atoms with Gasteiger partial charge in [0.25, 0.3) is 0 Å². The largest absolute Gasteiger partial charge is 0.494 e. The highest BCUT2D eigenvalue weighted by atomic mass is 79.9. The molecule has 0 aromatic heterocycles. The molecule has 1 nitrogen and oxygen atoms in total. The molecule has 22 heavy (non-hydrogen) atoms. The number of rotatable bonds is 7. The molecule has 0 aliphatic rings. The lowest BCUT2D eigenvalue weighted by atomic mass is 10.0. The maximum Gasteiger partial charge on any atom is 0.132 e. The van der Waals surface area contributed by atoms with Crippen LogP contribution in [0.1, 0.15) is 33.1 Å². The molecule has 1 unspecified atom stereocenters.